The first kappa shape index (κ1) is 74.0. The van der Waals surface area contributed by atoms with E-state index in [0.29, 0.717) is 59.0 Å². The van der Waals surface area contributed by atoms with Crippen molar-refractivity contribution in [3.63, 3.8) is 0 Å². The summed E-state index contributed by atoms with van der Waals surface area (Å²) in [6.07, 6.45) is 46.8. The molecule has 0 aromatic rings. The fourth-order valence-corrected chi connectivity index (χ4v) is 12.0. The molecule has 7 N–H and O–H groups in total. The van der Waals surface area contributed by atoms with E-state index in [1.807, 2.05) is 6.92 Å². The largest absolute Gasteiger partial charge is 0.474 e. The Morgan fingerprint density at radius 2 is 0.730 bits per heavy atom. The third-order valence-electron chi connectivity index (χ3n) is 13.8. The summed E-state index contributed by atoms with van der Waals surface area (Å²) in [6, 6.07) is 0. The zero-order valence-electron chi connectivity index (χ0n) is 49.3. The Morgan fingerprint density at radius 3 is 1.16 bits per heavy atom. The van der Waals surface area contributed by atoms with Crippen molar-refractivity contribution in [2.45, 2.75) is 290 Å². The van der Waals surface area contributed by atoms with Gasteiger partial charge >= 0.3 is 15.4 Å². The second-order valence-electron chi connectivity index (χ2n) is 21.6. The molecule has 446 valence electrons. The molecule has 0 aliphatic carbocycles. The Morgan fingerprint density at radius 1 is 0.365 bits per heavy atom. The van der Waals surface area contributed by atoms with Crippen LogP contribution in [0.1, 0.15) is 278 Å². The van der Waals surface area contributed by atoms with Crippen molar-refractivity contribution in [1.29, 1.82) is 0 Å². The average Bonchev–Trinajstić information content (AvgIpc) is 3.40. The molecule has 0 aromatic carbocycles. The number of rotatable bonds is 64. The lowest BCUT2D eigenvalue weighted by Crippen LogP contribution is -2.50. The number of quaternary nitrogens is 2. The van der Waals surface area contributed by atoms with Crippen LogP contribution >= 0.6 is 15.4 Å². The van der Waals surface area contributed by atoms with Gasteiger partial charge in [0.2, 0.25) is 0 Å². The predicted molar refractivity (Wildman–Crippen MR) is 309 cm³/mol. The van der Waals surface area contributed by atoms with Crippen LogP contribution in [-0.4, -0.2) is 103 Å². The van der Waals surface area contributed by atoms with E-state index in [1.54, 1.807) is 0 Å². The van der Waals surface area contributed by atoms with E-state index in [2.05, 4.69) is 32.2 Å². The SMILES string of the molecule is CCCCCCCCCCCCCCOCC(C)COP(=O)(OCCC[NH3+])OCC(O)COP(=O)(CCCC[NH3+])OCC(COCCCCCCCCCCCCCC)OCCCCCCCCCCCCCC. The topological polar surface area (TPSA) is 183 Å². The summed E-state index contributed by atoms with van der Waals surface area (Å²) in [6.45, 7) is 12.4. The Labute approximate surface area is 457 Å². The maximum absolute atomic E-state index is 14.2. The van der Waals surface area contributed by atoms with Crippen LogP contribution < -0.4 is 11.5 Å². The lowest BCUT2D eigenvalue weighted by molar-refractivity contribution is -0.369. The van der Waals surface area contributed by atoms with Crippen molar-refractivity contribution in [2.75, 3.05) is 85.3 Å². The molecule has 0 rings (SSSR count). The minimum atomic E-state index is -4.04. The number of ether oxygens (including phenoxy) is 3. The number of aliphatic hydroxyl groups is 1. The van der Waals surface area contributed by atoms with Crippen LogP contribution in [0.25, 0.3) is 0 Å². The molecule has 0 fully saturated rings. The minimum absolute atomic E-state index is 0.0487. The van der Waals surface area contributed by atoms with Gasteiger partial charge in [-0.2, -0.15) is 0 Å². The molecule has 0 saturated heterocycles. The van der Waals surface area contributed by atoms with Gasteiger partial charge in [0.15, 0.2) is 0 Å². The highest BCUT2D eigenvalue weighted by molar-refractivity contribution is 7.53. The first-order valence-corrected chi connectivity index (χ1v) is 34.8. The molecule has 74 heavy (non-hydrogen) atoms. The first-order valence-electron chi connectivity index (χ1n) is 31.6. The summed E-state index contributed by atoms with van der Waals surface area (Å²) < 4.78 is 75.5. The van der Waals surface area contributed by atoms with Gasteiger partial charge in [-0.3, -0.25) is 18.1 Å². The van der Waals surface area contributed by atoms with Gasteiger partial charge in [0.05, 0.1) is 65.5 Å². The summed E-state index contributed by atoms with van der Waals surface area (Å²) in [4.78, 5) is 0. The third-order valence-corrected chi connectivity index (χ3v) is 17.2. The Balaban J connectivity index is 5.06. The van der Waals surface area contributed by atoms with E-state index in [0.717, 1.165) is 44.9 Å². The zero-order chi connectivity index (χ0) is 54.2. The summed E-state index contributed by atoms with van der Waals surface area (Å²) >= 11 is 0. The highest BCUT2D eigenvalue weighted by atomic mass is 31.2. The van der Waals surface area contributed by atoms with Crippen LogP contribution in [0.15, 0.2) is 0 Å². The summed E-state index contributed by atoms with van der Waals surface area (Å²) in [7, 11) is -7.71. The fraction of sp³-hybridized carbons (Fsp3) is 1.00. The predicted octanol–water partition coefficient (Wildman–Crippen LogP) is 15.5. The smallest absolute Gasteiger partial charge is 0.388 e. The van der Waals surface area contributed by atoms with Crippen molar-refractivity contribution in [3.8, 4) is 0 Å². The Kier molecular flexibility index (Phi) is 57.7. The van der Waals surface area contributed by atoms with E-state index in [-0.39, 0.29) is 38.5 Å². The summed E-state index contributed by atoms with van der Waals surface area (Å²) in [5.74, 6) is -0.0487. The zero-order valence-corrected chi connectivity index (χ0v) is 51.1. The Bertz CT molecular complexity index is 1210. The van der Waals surface area contributed by atoms with Crippen molar-refractivity contribution < 1.29 is 62.5 Å². The number of hydrogen-bond donors (Lipinski definition) is 3. The second-order valence-corrected chi connectivity index (χ2v) is 25.5. The molecule has 0 bridgehead atoms. The Hall–Kier alpha value is 0.0200. The van der Waals surface area contributed by atoms with E-state index in [9.17, 15) is 14.2 Å². The van der Waals surface area contributed by atoms with Crippen LogP contribution in [0.3, 0.4) is 0 Å². The highest BCUT2D eigenvalue weighted by Gasteiger charge is 2.31. The normalized spacial score (nSPS) is 14.9. The fourth-order valence-electron chi connectivity index (χ4n) is 8.85. The molecule has 5 unspecified atom stereocenters. The molecule has 0 aliphatic rings. The molecule has 0 spiro atoms. The lowest BCUT2D eigenvalue weighted by atomic mass is 10.1. The highest BCUT2D eigenvalue weighted by Crippen LogP contribution is 2.51. The molecule has 15 heteroatoms. The third kappa shape index (κ3) is 52.7. The van der Waals surface area contributed by atoms with Crippen molar-refractivity contribution in [3.05, 3.63) is 0 Å². The quantitative estimate of drug-likeness (QED) is 0.0389. The molecule has 0 heterocycles. The van der Waals surface area contributed by atoms with Gasteiger partial charge in [-0.1, -0.05) is 240 Å². The van der Waals surface area contributed by atoms with Crippen LogP contribution in [0.5, 0.6) is 0 Å². The van der Waals surface area contributed by atoms with E-state index < -0.39 is 34.2 Å². The molecule has 0 aliphatic heterocycles. The van der Waals surface area contributed by atoms with E-state index >= 15 is 0 Å². The molecule has 5 atom stereocenters. The van der Waals surface area contributed by atoms with Gasteiger partial charge in [-0.05, 0) is 32.1 Å². The summed E-state index contributed by atoms with van der Waals surface area (Å²) in [5.41, 5.74) is 7.80. The second kappa shape index (κ2) is 57.7. The molecule has 0 aromatic heterocycles. The van der Waals surface area contributed by atoms with Crippen LogP contribution in [-0.2, 0) is 46.0 Å². The van der Waals surface area contributed by atoms with Crippen LogP contribution in [0, 0.1) is 5.92 Å². The molecular weight excluding hydrogens is 975 g/mol. The van der Waals surface area contributed by atoms with E-state index in [4.69, 9.17) is 36.8 Å². The van der Waals surface area contributed by atoms with Gasteiger partial charge < -0.3 is 39.8 Å². The van der Waals surface area contributed by atoms with Crippen LogP contribution in [0.2, 0.25) is 0 Å². The number of unbranched alkanes of at least 4 members (excludes halogenated alkanes) is 34. The van der Waals surface area contributed by atoms with Gasteiger partial charge in [0.1, 0.15) is 12.2 Å². The first-order chi connectivity index (χ1) is 36.2. The van der Waals surface area contributed by atoms with Gasteiger partial charge in [0, 0.05) is 32.2 Å². The number of aliphatic hydroxyl groups excluding tert-OH is 1. The van der Waals surface area contributed by atoms with Gasteiger partial charge in [0.25, 0.3) is 0 Å². The minimum Gasteiger partial charge on any atom is -0.388 e. The molecule has 0 amide bonds. The lowest BCUT2D eigenvalue weighted by Gasteiger charge is -2.24. The maximum Gasteiger partial charge on any atom is 0.474 e. The molecule has 13 nitrogen and oxygen atoms in total. The maximum atomic E-state index is 14.2. The van der Waals surface area contributed by atoms with E-state index in [1.165, 1.54) is 193 Å². The number of phosphoric acid groups is 1. The van der Waals surface area contributed by atoms with Crippen LogP contribution in [0.4, 0.5) is 0 Å². The monoisotopic (exact) mass is 1100 g/mol. The summed E-state index contributed by atoms with van der Waals surface area (Å²) in [5, 5.41) is 11.0. The van der Waals surface area contributed by atoms with Gasteiger partial charge in [-0.15, -0.1) is 0 Å². The molecular formula is C59H126N2O11P2+2. The van der Waals surface area contributed by atoms with Crippen molar-refractivity contribution in [2.24, 2.45) is 5.92 Å². The van der Waals surface area contributed by atoms with Gasteiger partial charge in [-0.25, -0.2) is 4.57 Å². The average molecular weight is 1100 g/mol. The molecule has 0 saturated carbocycles. The number of phosphoric ester groups is 1. The van der Waals surface area contributed by atoms with Crippen molar-refractivity contribution in [1.82, 2.24) is 0 Å². The van der Waals surface area contributed by atoms with Crippen molar-refractivity contribution >= 4 is 15.4 Å². The standard InChI is InChI=1S/C59H124N2O11P2/c1-5-8-11-14-17-20-23-26-29-32-35-39-46-65-51-57(4)52-71-74(64,68-49-43-45-61)72-54-58(62)53-69-73(63,50-42-38-44-60)70-56-59(67-48-41-37-34-31-28-25-22-19-16-13-10-7-3)55-66-47-40-36-33-30-27-24-21-18-15-12-9-6-2/h57-59,62H,5-56,60-61H2,1-4H3/p+2. The number of hydrogen-bond acceptors (Lipinski definition) is 11. The molecule has 0 radical (unpaired) electrons.